The number of benzene rings is 7. The maximum atomic E-state index is 5.55. The van der Waals surface area contributed by atoms with Crippen LogP contribution >= 0.6 is 0 Å². The minimum absolute atomic E-state index is 0.966. The molecule has 0 spiro atoms. The highest BCUT2D eigenvalue weighted by atomic mass is 14.7. The van der Waals surface area contributed by atoms with Gasteiger partial charge in [0, 0.05) is 22.7 Å². The van der Waals surface area contributed by atoms with E-state index in [-0.39, 0.29) is 0 Å². The maximum absolute atomic E-state index is 5.55. The average molecular weight is 559 g/mol. The third kappa shape index (κ3) is 3.96. The number of hydrogen-bond acceptors (Lipinski definition) is 2. The Balaban J connectivity index is 1.43. The molecule has 0 fully saturated rings. The smallest absolute Gasteiger partial charge is 0.0728 e. The Kier molecular flexibility index (Phi) is 5.54. The topological polar surface area (TPSA) is 25.8 Å². The Hall–Kier alpha value is -5.86. The Morgan fingerprint density at radius 2 is 0.795 bits per heavy atom. The molecule has 0 aliphatic rings. The van der Waals surface area contributed by atoms with Crippen LogP contribution in [0.1, 0.15) is 0 Å². The summed E-state index contributed by atoms with van der Waals surface area (Å²) in [5, 5.41) is 10.8. The van der Waals surface area contributed by atoms with Gasteiger partial charge in [-0.25, -0.2) is 4.98 Å². The number of aromatic nitrogens is 2. The van der Waals surface area contributed by atoms with E-state index in [4.69, 9.17) is 4.98 Å². The number of pyridine rings is 2. The molecule has 0 saturated heterocycles. The van der Waals surface area contributed by atoms with Crippen molar-refractivity contribution < 1.29 is 0 Å². The van der Waals surface area contributed by atoms with Gasteiger partial charge in [-0.1, -0.05) is 109 Å². The molecule has 2 heterocycles. The molecular weight excluding hydrogens is 532 g/mol. The summed E-state index contributed by atoms with van der Waals surface area (Å²) in [5.74, 6) is 0. The molecule has 7 aromatic carbocycles. The van der Waals surface area contributed by atoms with Gasteiger partial charge in [-0.15, -0.1) is 0 Å². The summed E-state index contributed by atoms with van der Waals surface area (Å²) in [5.41, 5.74) is 7.52. The molecule has 2 heteroatoms. The first kappa shape index (κ1) is 24.7. The Labute approximate surface area is 254 Å². The summed E-state index contributed by atoms with van der Waals surface area (Å²) in [7, 11) is 0. The summed E-state index contributed by atoms with van der Waals surface area (Å²) in [6.45, 7) is 0. The lowest BCUT2D eigenvalue weighted by molar-refractivity contribution is 1.34. The average Bonchev–Trinajstić information content (AvgIpc) is 3.09. The number of hydrogen-bond donors (Lipinski definition) is 0. The van der Waals surface area contributed by atoms with E-state index < -0.39 is 0 Å². The molecule has 44 heavy (non-hydrogen) atoms. The first-order chi connectivity index (χ1) is 21.8. The molecule has 0 radical (unpaired) electrons. The van der Waals surface area contributed by atoms with Gasteiger partial charge >= 0.3 is 0 Å². The van der Waals surface area contributed by atoms with Crippen molar-refractivity contribution in [3.63, 3.8) is 0 Å². The Morgan fingerprint density at radius 1 is 0.341 bits per heavy atom. The van der Waals surface area contributed by atoms with E-state index in [0.717, 1.165) is 44.5 Å². The van der Waals surface area contributed by atoms with Crippen LogP contribution in [-0.4, -0.2) is 9.97 Å². The van der Waals surface area contributed by atoms with Crippen molar-refractivity contribution in [1.29, 1.82) is 0 Å². The van der Waals surface area contributed by atoms with Crippen molar-refractivity contribution in [1.82, 2.24) is 9.97 Å². The zero-order valence-corrected chi connectivity index (χ0v) is 23.9. The van der Waals surface area contributed by atoms with Crippen LogP contribution in [0.15, 0.2) is 158 Å². The molecule has 9 aromatic rings. The summed E-state index contributed by atoms with van der Waals surface area (Å²) in [6, 6.07) is 54.4. The zero-order chi connectivity index (χ0) is 29.0. The van der Waals surface area contributed by atoms with Gasteiger partial charge in [0.15, 0.2) is 0 Å². The Morgan fingerprint density at radius 3 is 1.30 bits per heavy atom. The molecule has 0 unspecified atom stereocenters. The predicted octanol–water partition coefficient (Wildman–Crippen LogP) is 11.2. The second kappa shape index (κ2) is 9.86. The number of nitrogens with zero attached hydrogens (tertiary/aromatic N) is 2. The van der Waals surface area contributed by atoms with Crippen molar-refractivity contribution in [2.24, 2.45) is 0 Å². The zero-order valence-electron chi connectivity index (χ0n) is 23.9. The second-order valence-corrected chi connectivity index (χ2v) is 11.4. The quantitative estimate of drug-likeness (QED) is 0.202. The van der Waals surface area contributed by atoms with E-state index in [1.165, 1.54) is 43.1 Å². The van der Waals surface area contributed by atoms with Crippen LogP contribution in [-0.2, 0) is 0 Å². The van der Waals surface area contributed by atoms with Gasteiger partial charge < -0.3 is 0 Å². The molecule has 0 saturated carbocycles. The standard InChI is InChI=1S/C42H26N2/c1-5-15-34-28(10-1)23-29-11-2-6-16-35(29)41(34)39-25-33(27-19-20-38-32(22-27)14-9-21-43-38)26-40(44-39)42-36-17-7-3-12-30(36)24-31-13-4-8-18-37(31)42/h1-26H. The van der Waals surface area contributed by atoms with E-state index >= 15 is 0 Å². The molecule has 204 valence electrons. The summed E-state index contributed by atoms with van der Waals surface area (Å²) in [6.07, 6.45) is 1.85. The third-order valence-electron chi connectivity index (χ3n) is 8.82. The van der Waals surface area contributed by atoms with Gasteiger partial charge in [-0.05, 0) is 96.7 Å². The van der Waals surface area contributed by atoms with Crippen LogP contribution in [0.5, 0.6) is 0 Å². The van der Waals surface area contributed by atoms with E-state index in [1.54, 1.807) is 0 Å². The molecule has 2 aromatic heterocycles. The van der Waals surface area contributed by atoms with Crippen molar-refractivity contribution in [3.8, 4) is 33.6 Å². The first-order valence-electron chi connectivity index (χ1n) is 15.0. The molecule has 0 aliphatic heterocycles. The van der Waals surface area contributed by atoms with Crippen LogP contribution < -0.4 is 0 Å². The predicted molar refractivity (Wildman–Crippen MR) is 186 cm³/mol. The molecule has 9 rings (SSSR count). The van der Waals surface area contributed by atoms with Crippen molar-refractivity contribution in [2.75, 3.05) is 0 Å². The summed E-state index contributed by atoms with van der Waals surface area (Å²) < 4.78 is 0. The van der Waals surface area contributed by atoms with Crippen molar-refractivity contribution in [2.45, 2.75) is 0 Å². The van der Waals surface area contributed by atoms with Gasteiger partial charge in [0.25, 0.3) is 0 Å². The number of fused-ring (bicyclic) bond motifs is 5. The van der Waals surface area contributed by atoms with Crippen LogP contribution in [0, 0.1) is 0 Å². The molecule has 2 nitrogen and oxygen atoms in total. The maximum Gasteiger partial charge on any atom is 0.0728 e. The van der Waals surface area contributed by atoms with Crippen molar-refractivity contribution in [3.05, 3.63) is 158 Å². The highest BCUT2D eigenvalue weighted by molar-refractivity contribution is 6.14. The minimum Gasteiger partial charge on any atom is -0.256 e. The first-order valence-corrected chi connectivity index (χ1v) is 15.0. The highest BCUT2D eigenvalue weighted by Crippen LogP contribution is 2.41. The van der Waals surface area contributed by atoms with Gasteiger partial charge in [0.2, 0.25) is 0 Å². The van der Waals surface area contributed by atoms with Gasteiger partial charge in [-0.3, -0.25) is 4.98 Å². The molecule has 0 bridgehead atoms. The van der Waals surface area contributed by atoms with Crippen LogP contribution in [0.4, 0.5) is 0 Å². The fourth-order valence-electron chi connectivity index (χ4n) is 6.79. The SMILES string of the molecule is c1cnc2ccc(-c3cc(-c4c5ccccc5cc5ccccc45)nc(-c4c5ccccc5cc5ccccc45)c3)cc2c1. The van der Waals surface area contributed by atoms with Gasteiger partial charge in [0.05, 0.1) is 16.9 Å². The van der Waals surface area contributed by atoms with Crippen LogP contribution in [0.3, 0.4) is 0 Å². The second-order valence-electron chi connectivity index (χ2n) is 11.4. The van der Waals surface area contributed by atoms with Crippen LogP contribution in [0.2, 0.25) is 0 Å². The lowest BCUT2D eigenvalue weighted by atomic mass is 9.90. The normalized spacial score (nSPS) is 11.6. The fraction of sp³-hybridized carbons (Fsp3) is 0. The monoisotopic (exact) mass is 558 g/mol. The summed E-state index contributed by atoms with van der Waals surface area (Å²) in [4.78, 5) is 10.1. The molecule has 0 aliphatic carbocycles. The molecular formula is C42H26N2. The van der Waals surface area contributed by atoms with E-state index in [1.807, 2.05) is 12.3 Å². The van der Waals surface area contributed by atoms with Gasteiger partial charge in [0.1, 0.15) is 0 Å². The van der Waals surface area contributed by atoms with E-state index in [2.05, 4.69) is 151 Å². The lowest BCUT2D eigenvalue weighted by Crippen LogP contribution is -1.95. The largest absolute Gasteiger partial charge is 0.256 e. The third-order valence-corrected chi connectivity index (χ3v) is 8.82. The van der Waals surface area contributed by atoms with Gasteiger partial charge in [-0.2, -0.15) is 0 Å². The van der Waals surface area contributed by atoms with E-state index in [0.29, 0.717) is 0 Å². The lowest BCUT2D eigenvalue weighted by Gasteiger charge is -2.17. The minimum atomic E-state index is 0.966. The fourth-order valence-corrected chi connectivity index (χ4v) is 6.79. The highest BCUT2D eigenvalue weighted by Gasteiger charge is 2.17. The molecule has 0 amide bonds. The Bertz CT molecular complexity index is 2320. The van der Waals surface area contributed by atoms with E-state index in [9.17, 15) is 0 Å². The summed E-state index contributed by atoms with van der Waals surface area (Å²) >= 11 is 0. The number of rotatable bonds is 3. The molecule has 0 N–H and O–H groups in total. The van der Waals surface area contributed by atoms with Crippen molar-refractivity contribution >= 4 is 54.0 Å². The molecule has 0 atom stereocenters. The van der Waals surface area contributed by atoms with Crippen LogP contribution in [0.25, 0.3) is 87.6 Å².